The third-order valence-corrected chi connectivity index (χ3v) is 5.56. The first kappa shape index (κ1) is 16.3. The van der Waals surface area contributed by atoms with Crippen LogP contribution in [0.25, 0.3) is 16.8 Å². The van der Waals surface area contributed by atoms with Crippen molar-refractivity contribution in [2.24, 2.45) is 6.98 Å². The third kappa shape index (κ3) is 3.84. The largest absolute Gasteiger partial charge is 0.488 e. The number of nitrogens with one attached hydrogen (secondary N) is 1. The predicted octanol–water partition coefficient (Wildman–Crippen LogP) is 2.97. The fraction of sp³-hybridized carbons (Fsp3) is 0.364. The molecule has 0 aromatic carbocycles. The molecule has 4 aromatic heterocycles. The molecule has 0 aliphatic carbocycles. The van der Waals surface area contributed by atoms with Crippen LogP contribution in [0.3, 0.4) is 0 Å². The molecule has 1 saturated heterocycles. The zero-order chi connectivity index (χ0) is 24.0. The number of pyridine rings is 1. The molecule has 1 atom stereocenters. The van der Waals surface area contributed by atoms with Crippen LogP contribution in [-0.4, -0.2) is 60.5 Å². The van der Waals surface area contributed by atoms with E-state index in [9.17, 15) is 0 Å². The quantitative estimate of drug-likeness (QED) is 0.512. The van der Waals surface area contributed by atoms with Crippen LogP contribution in [-0.2, 0) is 6.98 Å². The molecule has 0 radical (unpaired) electrons. The van der Waals surface area contributed by atoms with Crippen LogP contribution in [0.4, 0.5) is 11.6 Å². The SMILES string of the molecule is [2H]C([2H])([2H])n1ncc(OC[C@H]2CCN2C)c1-c1ccn2nc(Nc3cc(C)nc(C)n3)cc2c1. The van der Waals surface area contributed by atoms with Crippen LogP contribution in [0.2, 0.25) is 0 Å². The van der Waals surface area contributed by atoms with Crippen molar-refractivity contribution < 1.29 is 8.85 Å². The van der Waals surface area contributed by atoms with Crippen LogP contribution in [0.5, 0.6) is 5.75 Å². The Bertz CT molecular complexity index is 1330. The number of aromatic nitrogens is 6. The number of likely N-dealkylation sites (N-methyl/N-ethyl adjacent to an activating group) is 1. The van der Waals surface area contributed by atoms with Gasteiger partial charge in [-0.05, 0) is 46.0 Å². The molecule has 0 bridgehead atoms. The van der Waals surface area contributed by atoms with Crippen molar-refractivity contribution in [3.63, 3.8) is 0 Å². The summed E-state index contributed by atoms with van der Waals surface area (Å²) in [6.45, 7) is 2.83. The Kier molecular flexibility index (Phi) is 4.02. The number of hydrogen-bond donors (Lipinski definition) is 1. The summed E-state index contributed by atoms with van der Waals surface area (Å²) in [5.74, 6) is 2.40. The Morgan fingerprint density at radius 2 is 2.13 bits per heavy atom. The molecule has 0 amide bonds. The Labute approximate surface area is 184 Å². The van der Waals surface area contributed by atoms with E-state index in [0.717, 1.165) is 28.9 Å². The number of nitrogens with zero attached hydrogens (tertiary/aromatic N) is 7. The number of aryl methyl sites for hydroxylation is 3. The first-order valence-electron chi connectivity index (χ1n) is 11.7. The monoisotopic (exact) mass is 421 g/mol. The highest BCUT2D eigenvalue weighted by atomic mass is 16.5. The average molecular weight is 422 g/mol. The van der Waals surface area contributed by atoms with Crippen molar-refractivity contribution in [3.05, 3.63) is 48.2 Å². The summed E-state index contributed by atoms with van der Waals surface area (Å²) in [7, 11) is 2.05. The zero-order valence-corrected chi connectivity index (χ0v) is 17.7. The van der Waals surface area contributed by atoms with Crippen LogP contribution < -0.4 is 10.1 Å². The molecule has 0 saturated carbocycles. The molecule has 5 heterocycles. The van der Waals surface area contributed by atoms with Crippen molar-refractivity contribution in [3.8, 4) is 17.0 Å². The second kappa shape index (κ2) is 7.66. The molecule has 9 heteroatoms. The van der Waals surface area contributed by atoms with E-state index < -0.39 is 6.98 Å². The maximum absolute atomic E-state index is 7.93. The van der Waals surface area contributed by atoms with Gasteiger partial charge in [0.25, 0.3) is 0 Å². The first-order valence-corrected chi connectivity index (χ1v) is 10.2. The first-order chi connectivity index (χ1) is 16.2. The third-order valence-electron chi connectivity index (χ3n) is 5.56. The Morgan fingerprint density at radius 3 is 2.87 bits per heavy atom. The van der Waals surface area contributed by atoms with Gasteiger partial charge in [-0.15, -0.1) is 0 Å². The van der Waals surface area contributed by atoms with E-state index >= 15 is 0 Å². The molecular formula is C22H26N8O. The minimum absolute atomic E-state index is 0.323. The molecule has 160 valence electrons. The number of fused-ring (bicyclic) bond motifs is 1. The minimum atomic E-state index is -2.44. The lowest BCUT2D eigenvalue weighted by molar-refractivity contribution is 0.0771. The second-order valence-electron chi connectivity index (χ2n) is 7.88. The molecule has 4 aromatic rings. The van der Waals surface area contributed by atoms with Crippen molar-refractivity contribution >= 4 is 17.2 Å². The normalized spacial score (nSPS) is 18.3. The van der Waals surface area contributed by atoms with Gasteiger partial charge < -0.3 is 10.1 Å². The van der Waals surface area contributed by atoms with Crippen LogP contribution in [0, 0.1) is 13.8 Å². The number of hydrogen-bond acceptors (Lipinski definition) is 7. The van der Waals surface area contributed by atoms with E-state index in [1.165, 1.54) is 6.20 Å². The summed E-state index contributed by atoms with van der Waals surface area (Å²) in [5.41, 5.74) is 2.74. The van der Waals surface area contributed by atoms with E-state index in [1.54, 1.807) is 10.7 Å². The van der Waals surface area contributed by atoms with E-state index in [2.05, 4.69) is 30.4 Å². The second-order valence-corrected chi connectivity index (χ2v) is 7.88. The summed E-state index contributed by atoms with van der Waals surface area (Å²) >= 11 is 0. The van der Waals surface area contributed by atoms with Crippen molar-refractivity contribution in [2.45, 2.75) is 26.3 Å². The van der Waals surface area contributed by atoms with E-state index in [-0.39, 0.29) is 0 Å². The molecule has 0 spiro atoms. The molecule has 1 N–H and O–H groups in total. The fourth-order valence-corrected chi connectivity index (χ4v) is 3.79. The smallest absolute Gasteiger partial charge is 0.165 e. The van der Waals surface area contributed by atoms with Crippen molar-refractivity contribution in [2.75, 3.05) is 25.5 Å². The maximum Gasteiger partial charge on any atom is 0.165 e. The summed E-state index contributed by atoms with van der Waals surface area (Å²) in [6.07, 6.45) is 4.32. The van der Waals surface area contributed by atoms with Gasteiger partial charge in [0.2, 0.25) is 0 Å². The number of likely N-dealkylation sites (tertiary alicyclic amines) is 1. The van der Waals surface area contributed by atoms with Crippen LogP contribution in [0.15, 0.2) is 36.7 Å². The standard InChI is InChI=1S/C22H26N8O/c1-14-9-20(25-15(2)24-14)26-21-11-18-10-16(5-8-30(18)27-21)22-19(12-23-29(22)4)31-13-17-6-7-28(17)3/h5,8-12,17H,6-7,13H2,1-4H3,(H,24,25,26,27)/t17-/m1/s1/i4D3. The molecule has 1 aliphatic rings. The number of rotatable bonds is 6. The molecule has 9 nitrogen and oxygen atoms in total. The highest BCUT2D eigenvalue weighted by Crippen LogP contribution is 2.31. The Balaban J connectivity index is 1.47. The van der Waals surface area contributed by atoms with E-state index in [0.29, 0.717) is 47.1 Å². The minimum Gasteiger partial charge on any atom is -0.488 e. The Morgan fingerprint density at radius 1 is 1.23 bits per heavy atom. The predicted molar refractivity (Wildman–Crippen MR) is 119 cm³/mol. The molecule has 1 fully saturated rings. The lowest BCUT2D eigenvalue weighted by atomic mass is 10.1. The zero-order valence-electron chi connectivity index (χ0n) is 20.7. The van der Waals surface area contributed by atoms with Gasteiger partial charge in [-0.2, -0.15) is 10.2 Å². The van der Waals surface area contributed by atoms with Crippen molar-refractivity contribution in [1.29, 1.82) is 0 Å². The summed E-state index contributed by atoms with van der Waals surface area (Å²) in [5, 5.41) is 11.9. The summed E-state index contributed by atoms with van der Waals surface area (Å²) in [4.78, 5) is 10.9. The Hall–Kier alpha value is -3.46. The summed E-state index contributed by atoms with van der Waals surface area (Å²) in [6, 6.07) is 7.72. The summed E-state index contributed by atoms with van der Waals surface area (Å²) < 4.78 is 32.6. The highest BCUT2D eigenvalue weighted by Gasteiger charge is 2.25. The van der Waals surface area contributed by atoms with Gasteiger partial charge in [0.05, 0.1) is 11.7 Å². The highest BCUT2D eigenvalue weighted by molar-refractivity contribution is 5.72. The number of anilines is 2. The topological polar surface area (TPSA) is 85.4 Å². The fourth-order valence-electron chi connectivity index (χ4n) is 3.79. The van der Waals surface area contributed by atoms with Gasteiger partial charge in [0.15, 0.2) is 11.6 Å². The molecule has 31 heavy (non-hydrogen) atoms. The molecule has 5 rings (SSSR count). The lowest BCUT2D eigenvalue weighted by Gasteiger charge is -2.37. The van der Waals surface area contributed by atoms with Crippen LogP contribution in [0.1, 0.15) is 22.1 Å². The maximum atomic E-state index is 7.93. The average Bonchev–Trinajstić information content (AvgIpc) is 3.34. The van der Waals surface area contributed by atoms with Gasteiger partial charge in [-0.1, -0.05) is 0 Å². The van der Waals surface area contributed by atoms with Crippen LogP contribution >= 0.6 is 0 Å². The number of ether oxygens (including phenoxy) is 1. The van der Waals surface area contributed by atoms with Gasteiger partial charge in [0.1, 0.15) is 23.9 Å². The van der Waals surface area contributed by atoms with Gasteiger partial charge >= 0.3 is 0 Å². The van der Waals surface area contributed by atoms with Crippen molar-refractivity contribution in [1.82, 2.24) is 34.3 Å². The molecule has 0 unspecified atom stereocenters. The van der Waals surface area contributed by atoms with Gasteiger partial charge in [-0.25, -0.2) is 14.5 Å². The van der Waals surface area contributed by atoms with Gasteiger partial charge in [0, 0.05) is 46.7 Å². The van der Waals surface area contributed by atoms with E-state index in [1.807, 2.05) is 45.2 Å². The molecular weight excluding hydrogens is 392 g/mol. The lowest BCUT2D eigenvalue weighted by Crippen LogP contribution is -2.48. The van der Waals surface area contributed by atoms with E-state index in [4.69, 9.17) is 8.85 Å². The molecule has 1 aliphatic heterocycles. The van der Waals surface area contributed by atoms with Gasteiger partial charge in [-0.3, -0.25) is 9.58 Å².